The van der Waals surface area contributed by atoms with Crippen molar-refractivity contribution in [2.45, 2.75) is 20.8 Å². The van der Waals surface area contributed by atoms with Crippen molar-refractivity contribution in [3.05, 3.63) is 24.8 Å². The fraction of sp³-hybridized carbons (Fsp3) is 0.444. The molecule has 0 aliphatic heterocycles. The van der Waals surface area contributed by atoms with Gasteiger partial charge in [0, 0.05) is 0 Å². The van der Waals surface area contributed by atoms with Crippen molar-refractivity contribution >= 4 is 5.78 Å². The van der Waals surface area contributed by atoms with E-state index in [0.717, 1.165) is 0 Å². The highest BCUT2D eigenvalue weighted by Gasteiger charge is 2.03. The third-order valence-electron chi connectivity index (χ3n) is 0.949. The van der Waals surface area contributed by atoms with Gasteiger partial charge >= 0.3 is 0 Å². The van der Waals surface area contributed by atoms with E-state index in [-0.39, 0.29) is 11.2 Å². The molecule has 0 amide bonds. The van der Waals surface area contributed by atoms with E-state index in [1.165, 1.54) is 6.08 Å². The van der Waals surface area contributed by atoms with E-state index in [4.69, 9.17) is 0 Å². The summed E-state index contributed by atoms with van der Waals surface area (Å²) < 4.78 is 0. The lowest BCUT2D eigenvalue weighted by Crippen LogP contribution is -1.99. The van der Waals surface area contributed by atoms with Crippen LogP contribution in [0, 0.1) is 5.41 Å². The molecule has 0 spiro atoms. The van der Waals surface area contributed by atoms with E-state index in [0.29, 0.717) is 0 Å². The van der Waals surface area contributed by atoms with Crippen molar-refractivity contribution < 1.29 is 4.79 Å². The number of carbonyl (C=O) groups is 1. The maximum atomic E-state index is 10.7. The smallest absolute Gasteiger partial charge is 0.177 e. The zero-order valence-electron chi connectivity index (χ0n) is 6.85. The molecule has 0 rings (SSSR count). The molecule has 0 atom stereocenters. The number of allylic oxidation sites excluding steroid dienone is 3. The van der Waals surface area contributed by atoms with Crippen LogP contribution in [0.5, 0.6) is 0 Å². The van der Waals surface area contributed by atoms with Crippen LogP contribution < -0.4 is 0 Å². The first-order valence-electron chi connectivity index (χ1n) is 3.31. The molecule has 0 aromatic heterocycles. The third kappa shape index (κ3) is 5.29. The summed E-state index contributed by atoms with van der Waals surface area (Å²) in [4.78, 5) is 10.7. The molecule has 0 bridgehead atoms. The van der Waals surface area contributed by atoms with Crippen LogP contribution in [-0.2, 0) is 4.79 Å². The van der Waals surface area contributed by atoms with Gasteiger partial charge in [-0.3, -0.25) is 4.79 Å². The third-order valence-corrected chi connectivity index (χ3v) is 0.949. The molecule has 0 saturated heterocycles. The Labute approximate surface area is 62.4 Å². The number of carbonyl (C=O) groups excluding carboxylic acids is 1. The summed E-state index contributed by atoms with van der Waals surface area (Å²) in [6, 6.07) is 0. The predicted molar refractivity (Wildman–Crippen MR) is 43.8 cm³/mol. The van der Waals surface area contributed by atoms with Crippen LogP contribution in [0.15, 0.2) is 24.8 Å². The lowest BCUT2D eigenvalue weighted by atomic mass is 9.96. The normalized spacial score (nSPS) is 11.9. The molecule has 0 unspecified atom stereocenters. The second kappa shape index (κ2) is 3.35. The topological polar surface area (TPSA) is 17.1 Å². The first-order valence-corrected chi connectivity index (χ1v) is 3.31. The summed E-state index contributed by atoms with van der Waals surface area (Å²) in [7, 11) is 0. The van der Waals surface area contributed by atoms with Gasteiger partial charge in [-0.2, -0.15) is 0 Å². The summed E-state index contributed by atoms with van der Waals surface area (Å²) in [6.45, 7) is 9.49. The molecular formula is C9H14O. The van der Waals surface area contributed by atoms with Gasteiger partial charge in [-0.25, -0.2) is 0 Å². The van der Waals surface area contributed by atoms with Gasteiger partial charge in [0.25, 0.3) is 0 Å². The standard InChI is InChI=1S/C9H14O/c1-5-8(10)6-7-9(2,3)4/h5-7H,1H2,2-4H3/b7-6+. The number of rotatable bonds is 2. The Kier molecular flexibility index (Phi) is 3.07. The van der Waals surface area contributed by atoms with Gasteiger partial charge in [0.05, 0.1) is 0 Å². The van der Waals surface area contributed by atoms with Gasteiger partial charge in [0.1, 0.15) is 0 Å². The number of ketones is 1. The SMILES string of the molecule is C=CC(=O)/C=C/C(C)(C)C. The largest absolute Gasteiger partial charge is 0.290 e. The van der Waals surface area contributed by atoms with Crippen molar-refractivity contribution in [2.24, 2.45) is 5.41 Å². The number of hydrogen-bond donors (Lipinski definition) is 0. The lowest BCUT2D eigenvalue weighted by Gasteiger charge is -2.09. The van der Waals surface area contributed by atoms with Gasteiger partial charge in [-0.05, 0) is 17.6 Å². The van der Waals surface area contributed by atoms with Gasteiger partial charge in [0.15, 0.2) is 5.78 Å². The molecule has 0 aromatic rings. The van der Waals surface area contributed by atoms with Crippen LogP contribution in [0.4, 0.5) is 0 Å². The summed E-state index contributed by atoms with van der Waals surface area (Å²) in [5.74, 6) is -0.0325. The highest BCUT2D eigenvalue weighted by atomic mass is 16.1. The van der Waals surface area contributed by atoms with Crippen molar-refractivity contribution in [2.75, 3.05) is 0 Å². The van der Waals surface area contributed by atoms with Crippen LogP contribution in [0.2, 0.25) is 0 Å². The highest BCUT2D eigenvalue weighted by Crippen LogP contribution is 2.13. The quantitative estimate of drug-likeness (QED) is 0.535. The molecule has 56 valence electrons. The van der Waals surface area contributed by atoms with Gasteiger partial charge in [-0.15, -0.1) is 0 Å². The van der Waals surface area contributed by atoms with Crippen LogP contribution >= 0.6 is 0 Å². The second-order valence-corrected chi connectivity index (χ2v) is 3.31. The van der Waals surface area contributed by atoms with Crippen molar-refractivity contribution in [1.29, 1.82) is 0 Å². The first-order chi connectivity index (χ1) is 4.45. The summed E-state index contributed by atoms with van der Waals surface area (Å²) in [5, 5.41) is 0. The number of hydrogen-bond acceptors (Lipinski definition) is 1. The fourth-order valence-electron chi connectivity index (χ4n) is 0.400. The average Bonchev–Trinajstić information content (AvgIpc) is 1.81. The molecule has 0 aromatic carbocycles. The Bertz CT molecular complexity index is 158. The Morgan fingerprint density at radius 2 is 1.90 bits per heavy atom. The van der Waals surface area contributed by atoms with Crippen molar-refractivity contribution in [3.63, 3.8) is 0 Å². The zero-order valence-corrected chi connectivity index (χ0v) is 6.85. The molecule has 10 heavy (non-hydrogen) atoms. The van der Waals surface area contributed by atoms with Gasteiger partial charge in [0.2, 0.25) is 0 Å². The molecular weight excluding hydrogens is 124 g/mol. The molecule has 0 aliphatic rings. The van der Waals surface area contributed by atoms with Crippen molar-refractivity contribution in [1.82, 2.24) is 0 Å². The highest BCUT2D eigenvalue weighted by molar-refractivity contribution is 5.98. The molecule has 0 saturated carbocycles. The average molecular weight is 138 g/mol. The zero-order chi connectivity index (χ0) is 8.20. The minimum Gasteiger partial charge on any atom is -0.290 e. The van der Waals surface area contributed by atoms with Gasteiger partial charge in [-0.1, -0.05) is 33.4 Å². The first kappa shape index (κ1) is 9.15. The molecule has 1 heteroatoms. The van der Waals surface area contributed by atoms with Crippen LogP contribution in [0.3, 0.4) is 0 Å². The summed E-state index contributed by atoms with van der Waals surface area (Å²) in [6.07, 6.45) is 4.73. The summed E-state index contributed by atoms with van der Waals surface area (Å²) in [5.41, 5.74) is 0.0820. The van der Waals surface area contributed by atoms with Crippen LogP contribution in [0.1, 0.15) is 20.8 Å². The molecule has 0 aliphatic carbocycles. The van der Waals surface area contributed by atoms with E-state index in [1.54, 1.807) is 6.08 Å². The minimum absolute atomic E-state index is 0.0325. The Hall–Kier alpha value is -0.850. The van der Waals surface area contributed by atoms with E-state index in [9.17, 15) is 4.79 Å². The monoisotopic (exact) mass is 138 g/mol. The molecule has 0 N–H and O–H groups in total. The Morgan fingerprint density at radius 3 is 2.20 bits per heavy atom. The van der Waals surface area contributed by atoms with Crippen LogP contribution in [-0.4, -0.2) is 5.78 Å². The van der Waals surface area contributed by atoms with E-state index < -0.39 is 0 Å². The Morgan fingerprint density at radius 1 is 1.40 bits per heavy atom. The van der Waals surface area contributed by atoms with Crippen LogP contribution in [0.25, 0.3) is 0 Å². The Balaban J connectivity index is 4.00. The molecule has 0 fully saturated rings. The van der Waals surface area contributed by atoms with E-state index >= 15 is 0 Å². The maximum absolute atomic E-state index is 10.7. The van der Waals surface area contributed by atoms with E-state index in [1.807, 2.05) is 26.8 Å². The fourth-order valence-corrected chi connectivity index (χ4v) is 0.400. The predicted octanol–water partition coefficient (Wildman–Crippen LogP) is 2.34. The van der Waals surface area contributed by atoms with Crippen molar-refractivity contribution in [3.8, 4) is 0 Å². The second-order valence-electron chi connectivity index (χ2n) is 3.31. The molecule has 0 radical (unpaired) electrons. The summed E-state index contributed by atoms with van der Waals surface area (Å²) >= 11 is 0. The van der Waals surface area contributed by atoms with E-state index in [2.05, 4.69) is 6.58 Å². The molecule has 0 heterocycles. The minimum atomic E-state index is -0.0325. The molecule has 1 nitrogen and oxygen atoms in total. The lowest BCUT2D eigenvalue weighted by molar-refractivity contribution is -0.110. The maximum Gasteiger partial charge on any atom is 0.177 e. The van der Waals surface area contributed by atoms with Gasteiger partial charge < -0.3 is 0 Å².